The summed E-state index contributed by atoms with van der Waals surface area (Å²) in [4.78, 5) is 11.9. The highest BCUT2D eigenvalue weighted by atomic mass is 16.5. The van der Waals surface area contributed by atoms with Gasteiger partial charge in [0, 0.05) is 0 Å². The summed E-state index contributed by atoms with van der Waals surface area (Å²) in [7, 11) is 0. The van der Waals surface area contributed by atoms with Crippen molar-refractivity contribution < 1.29 is 14.6 Å². The number of nitrogens with one attached hydrogen (secondary N) is 1. The minimum Gasteiger partial charge on any atom is -0.507 e. The summed E-state index contributed by atoms with van der Waals surface area (Å²) in [5.41, 5.74) is 2.41. The van der Waals surface area contributed by atoms with Gasteiger partial charge in [-0.05, 0) is 37.1 Å². The zero-order valence-electron chi connectivity index (χ0n) is 12.2. The van der Waals surface area contributed by atoms with Gasteiger partial charge in [0.2, 0.25) is 0 Å². The molecule has 0 radical (unpaired) electrons. The molecule has 110 valence electrons. The summed E-state index contributed by atoms with van der Waals surface area (Å²) in [5, 5.41) is 12.3. The molecule has 0 atom stereocenters. The van der Waals surface area contributed by atoms with Crippen LogP contribution in [0.1, 0.15) is 21.5 Å². The van der Waals surface area contributed by atoms with Gasteiger partial charge < -0.3 is 15.2 Å². The zero-order valence-corrected chi connectivity index (χ0v) is 12.2. The molecule has 2 N–H and O–H groups in total. The minimum atomic E-state index is -0.307. The van der Waals surface area contributed by atoms with Gasteiger partial charge in [-0.25, -0.2) is 0 Å². The van der Waals surface area contributed by atoms with Crippen LogP contribution in [0.3, 0.4) is 0 Å². The number of rotatable bonds is 5. The number of aromatic hydroxyl groups is 1. The molecule has 0 aliphatic carbocycles. The number of carbonyl (C=O) groups excluding carboxylic acids is 1. The van der Waals surface area contributed by atoms with Crippen LogP contribution >= 0.6 is 0 Å². The molecule has 2 aromatic carbocycles. The second kappa shape index (κ2) is 6.79. The lowest BCUT2D eigenvalue weighted by atomic mass is 10.1. The SMILES string of the molecule is Cc1cccc(C)c1OCCNC(=O)c1ccccc1O. The summed E-state index contributed by atoms with van der Waals surface area (Å²) in [6.07, 6.45) is 0. The van der Waals surface area contributed by atoms with E-state index in [1.54, 1.807) is 18.2 Å². The summed E-state index contributed by atoms with van der Waals surface area (Å²) < 4.78 is 5.71. The number of aryl methyl sites for hydroxylation is 2. The van der Waals surface area contributed by atoms with Crippen LogP contribution in [-0.2, 0) is 0 Å². The Morgan fingerprint density at radius 2 is 1.76 bits per heavy atom. The second-order valence-corrected chi connectivity index (χ2v) is 4.84. The predicted molar refractivity (Wildman–Crippen MR) is 81.9 cm³/mol. The van der Waals surface area contributed by atoms with Crippen LogP contribution in [0.5, 0.6) is 11.5 Å². The molecule has 0 heterocycles. The quantitative estimate of drug-likeness (QED) is 0.831. The molecule has 4 nitrogen and oxygen atoms in total. The standard InChI is InChI=1S/C17H19NO3/c1-12-6-5-7-13(2)16(12)21-11-10-18-17(20)14-8-3-4-9-15(14)19/h3-9,19H,10-11H2,1-2H3,(H,18,20). The van der Waals surface area contributed by atoms with Gasteiger partial charge in [-0.3, -0.25) is 4.79 Å². The molecule has 2 aromatic rings. The second-order valence-electron chi connectivity index (χ2n) is 4.84. The normalized spacial score (nSPS) is 10.2. The molecule has 0 bridgehead atoms. The highest BCUT2D eigenvalue weighted by Gasteiger charge is 2.09. The molecule has 0 aliphatic heterocycles. The van der Waals surface area contributed by atoms with Crippen LogP contribution in [0, 0.1) is 13.8 Å². The van der Waals surface area contributed by atoms with Crippen LogP contribution in [0.2, 0.25) is 0 Å². The van der Waals surface area contributed by atoms with E-state index in [1.165, 1.54) is 6.07 Å². The predicted octanol–water partition coefficient (Wildman–Crippen LogP) is 2.82. The first-order valence-electron chi connectivity index (χ1n) is 6.85. The van der Waals surface area contributed by atoms with Crippen LogP contribution in [0.15, 0.2) is 42.5 Å². The van der Waals surface area contributed by atoms with E-state index < -0.39 is 0 Å². The Hall–Kier alpha value is -2.49. The van der Waals surface area contributed by atoms with Crippen molar-refractivity contribution >= 4 is 5.91 Å². The summed E-state index contributed by atoms with van der Waals surface area (Å²) >= 11 is 0. The van der Waals surface area contributed by atoms with Crippen molar-refractivity contribution in [1.29, 1.82) is 0 Å². The van der Waals surface area contributed by atoms with Crippen LogP contribution in [0.25, 0.3) is 0 Å². The number of phenols is 1. The number of carbonyl (C=O) groups is 1. The van der Waals surface area contributed by atoms with Gasteiger partial charge in [-0.2, -0.15) is 0 Å². The molecular formula is C17H19NO3. The van der Waals surface area contributed by atoms with Crippen molar-refractivity contribution in [3.8, 4) is 11.5 Å². The minimum absolute atomic E-state index is 0.0225. The molecule has 1 amide bonds. The van der Waals surface area contributed by atoms with Crippen molar-refractivity contribution in [2.45, 2.75) is 13.8 Å². The number of hydrogen-bond donors (Lipinski definition) is 2. The van der Waals surface area contributed by atoms with E-state index in [1.807, 2.05) is 32.0 Å². The maximum absolute atomic E-state index is 11.9. The molecule has 0 fully saturated rings. The Kier molecular flexibility index (Phi) is 4.82. The Balaban J connectivity index is 1.85. The number of amides is 1. The highest BCUT2D eigenvalue weighted by molar-refractivity contribution is 5.96. The lowest BCUT2D eigenvalue weighted by Crippen LogP contribution is -2.28. The fourth-order valence-electron chi connectivity index (χ4n) is 2.11. The van der Waals surface area contributed by atoms with Crippen LogP contribution in [-0.4, -0.2) is 24.2 Å². The molecule has 0 unspecified atom stereocenters. The Bertz CT molecular complexity index is 617. The molecule has 21 heavy (non-hydrogen) atoms. The number of hydrogen-bond acceptors (Lipinski definition) is 3. The first-order valence-corrected chi connectivity index (χ1v) is 6.85. The number of benzene rings is 2. The van der Waals surface area contributed by atoms with Gasteiger partial charge in [-0.1, -0.05) is 30.3 Å². The summed E-state index contributed by atoms with van der Waals surface area (Å²) in [6, 6.07) is 12.4. The lowest BCUT2D eigenvalue weighted by Gasteiger charge is -2.12. The number of ether oxygens (including phenoxy) is 1. The third kappa shape index (κ3) is 3.75. The van der Waals surface area contributed by atoms with E-state index >= 15 is 0 Å². The first kappa shape index (κ1) is 14.9. The third-order valence-electron chi connectivity index (χ3n) is 3.19. The van der Waals surface area contributed by atoms with E-state index in [4.69, 9.17) is 4.74 Å². The average Bonchev–Trinajstić information content (AvgIpc) is 2.46. The number of phenolic OH excluding ortho intramolecular Hbond substituents is 1. The van der Waals surface area contributed by atoms with E-state index in [0.29, 0.717) is 13.2 Å². The van der Waals surface area contributed by atoms with Gasteiger partial charge in [-0.15, -0.1) is 0 Å². The molecular weight excluding hydrogens is 266 g/mol. The van der Waals surface area contributed by atoms with Crippen molar-refractivity contribution in [2.24, 2.45) is 0 Å². The van der Waals surface area contributed by atoms with E-state index in [-0.39, 0.29) is 17.2 Å². The maximum atomic E-state index is 11.9. The molecule has 0 aliphatic rings. The van der Waals surface area contributed by atoms with Crippen LogP contribution in [0.4, 0.5) is 0 Å². The van der Waals surface area contributed by atoms with Gasteiger partial charge >= 0.3 is 0 Å². The van der Waals surface area contributed by atoms with Crippen molar-refractivity contribution in [3.05, 3.63) is 59.2 Å². The van der Waals surface area contributed by atoms with E-state index in [9.17, 15) is 9.90 Å². The fraction of sp³-hybridized carbons (Fsp3) is 0.235. The Morgan fingerprint density at radius 3 is 2.43 bits per heavy atom. The fourth-order valence-corrected chi connectivity index (χ4v) is 2.11. The van der Waals surface area contributed by atoms with Gasteiger partial charge in [0.05, 0.1) is 12.1 Å². The Morgan fingerprint density at radius 1 is 1.10 bits per heavy atom. The van der Waals surface area contributed by atoms with Gasteiger partial charge in [0.15, 0.2) is 0 Å². The van der Waals surface area contributed by atoms with Gasteiger partial charge in [0.25, 0.3) is 5.91 Å². The molecule has 0 saturated heterocycles. The van der Waals surface area contributed by atoms with Crippen molar-refractivity contribution in [3.63, 3.8) is 0 Å². The summed E-state index contributed by atoms with van der Waals surface area (Å²) in [6.45, 7) is 4.73. The number of para-hydroxylation sites is 2. The lowest BCUT2D eigenvalue weighted by molar-refractivity contribution is 0.0944. The molecule has 0 spiro atoms. The monoisotopic (exact) mass is 285 g/mol. The maximum Gasteiger partial charge on any atom is 0.255 e. The summed E-state index contributed by atoms with van der Waals surface area (Å²) in [5.74, 6) is 0.526. The van der Waals surface area contributed by atoms with Crippen LogP contribution < -0.4 is 10.1 Å². The zero-order chi connectivity index (χ0) is 15.2. The highest BCUT2D eigenvalue weighted by Crippen LogP contribution is 2.22. The molecule has 0 saturated carbocycles. The molecule has 2 rings (SSSR count). The van der Waals surface area contributed by atoms with E-state index in [0.717, 1.165) is 16.9 Å². The first-order chi connectivity index (χ1) is 10.1. The molecule has 0 aromatic heterocycles. The van der Waals surface area contributed by atoms with Crippen molar-refractivity contribution in [1.82, 2.24) is 5.32 Å². The molecule has 4 heteroatoms. The average molecular weight is 285 g/mol. The Labute approximate surface area is 124 Å². The topological polar surface area (TPSA) is 58.6 Å². The van der Waals surface area contributed by atoms with Gasteiger partial charge in [0.1, 0.15) is 18.1 Å². The third-order valence-corrected chi connectivity index (χ3v) is 3.19. The smallest absolute Gasteiger partial charge is 0.255 e. The van der Waals surface area contributed by atoms with E-state index in [2.05, 4.69) is 5.32 Å². The van der Waals surface area contributed by atoms with Crippen molar-refractivity contribution in [2.75, 3.05) is 13.2 Å². The largest absolute Gasteiger partial charge is 0.507 e.